The van der Waals surface area contributed by atoms with Gasteiger partial charge in [-0.25, -0.2) is 5.43 Å². The molecule has 98 valence electrons. The highest BCUT2D eigenvalue weighted by molar-refractivity contribution is 5.82. The van der Waals surface area contributed by atoms with E-state index in [0.717, 1.165) is 0 Å². The maximum absolute atomic E-state index is 11.8. The smallest absolute Gasteiger partial charge is 0.227 e. The first kappa shape index (κ1) is 11.9. The highest BCUT2D eigenvalue weighted by Crippen LogP contribution is 2.32. The number of carbonyl (C=O) groups is 1. The van der Waals surface area contributed by atoms with E-state index in [1.54, 1.807) is 12.4 Å². The van der Waals surface area contributed by atoms with Gasteiger partial charge in [-0.1, -0.05) is 6.07 Å². The van der Waals surface area contributed by atoms with Gasteiger partial charge in [-0.2, -0.15) is 0 Å². The van der Waals surface area contributed by atoms with Gasteiger partial charge in [0.2, 0.25) is 5.91 Å². The number of allylic oxidation sites excluding steroid dienone is 1. The predicted molar refractivity (Wildman–Crippen MR) is 70.9 cm³/mol. The number of aromatic nitrogens is 1. The fourth-order valence-electron chi connectivity index (χ4n) is 2.63. The zero-order valence-electron chi connectivity index (χ0n) is 10.3. The van der Waals surface area contributed by atoms with Gasteiger partial charge in [0.15, 0.2) is 0 Å². The Bertz CT molecular complexity index is 527. The van der Waals surface area contributed by atoms with Gasteiger partial charge in [-0.15, -0.1) is 0 Å². The summed E-state index contributed by atoms with van der Waals surface area (Å²) in [5.41, 5.74) is 9.49. The van der Waals surface area contributed by atoms with Gasteiger partial charge in [-0.3, -0.25) is 19.8 Å². The maximum Gasteiger partial charge on any atom is 0.227 e. The van der Waals surface area contributed by atoms with Crippen LogP contribution in [-0.2, 0) is 4.79 Å². The highest BCUT2D eigenvalue weighted by Gasteiger charge is 2.41. The molecular weight excluding hydrogens is 242 g/mol. The molecule has 1 saturated heterocycles. The van der Waals surface area contributed by atoms with E-state index in [-0.39, 0.29) is 18.0 Å². The van der Waals surface area contributed by atoms with Crippen LogP contribution >= 0.6 is 0 Å². The van der Waals surface area contributed by atoms with E-state index in [1.165, 1.54) is 0 Å². The number of nitrogens with one attached hydrogen (secondary N) is 1. The molecule has 0 aliphatic carbocycles. The third-order valence-electron chi connectivity index (χ3n) is 3.49. The van der Waals surface area contributed by atoms with Crippen molar-refractivity contribution in [1.29, 1.82) is 0 Å². The van der Waals surface area contributed by atoms with E-state index < -0.39 is 5.92 Å². The van der Waals surface area contributed by atoms with Crippen LogP contribution in [0.3, 0.4) is 0 Å². The SMILES string of the molecule is NC(=O)C(c1ccccn1)C1CNN2C=CC=NC12. The summed E-state index contributed by atoms with van der Waals surface area (Å²) < 4.78 is 0. The largest absolute Gasteiger partial charge is 0.369 e. The number of primary amides is 1. The Morgan fingerprint density at radius 2 is 2.42 bits per heavy atom. The van der Waals surface area contributed by atoms with Gasteiger partial charge in [0, 0.05) is 31.1 Å². The van der Waals surface area contributed by atoms with E-state index in [1.807, 2.05) is 35.5 Å². The molecule has 19 heavy (non-hydrogen) atoms. The fraction of sp³-hybridized carbons (Fsp3) is 0.308. The molecule has 3 unspecified atom stereocenters. The molecule has 0 radical (unpaired) electrons. The zero-order valence-corrected chi connectivity index (χ0v) is 10.3. The molecule has 0 aromatic carbocycles. The number of hydrazine groups is 1. The molecule has 1 aromatic rings. The lowest BCUT2D eigenvalue weighted by Gasteiger charge is -2.27. The van der Waals surface area contributed by atoms with Gasteiger partial charge in [0.1, 0.15) is 6.17 Å². The molecule has 1 amide bonds. The Labute approximate surface area is 111 Å². The number of carbonyl (C=O) groups excluding carboxylic acids is 1. The summed E-state index contributed by atoms with van der Waals surface area (Å²) >= 11 is 0. The molecule has 6 heteroatoms. The van der Waals surface area contributed by atoms with Crippen molar-refractivity contribution in [2.45, 2.75) is 12.1 Å². The molecule has 1 fully saturated rings. The number of fused-ring (bicyclic) bond motifs is 1. The van der Waals surface area contributed by atoms with Crippen molar-refractivity contribution in [2.75, 3.05) is 6.54 Å². The predicted octanol–water partition coefficient (Wildman–Crippen LogP) is 0.0111. The fourth-order valence-corrected chi connectivity index (χ4v) is 2.63. The van der Waals surface area contributed by atoms with Crippen molar-refractivity contribution in [2.24, 2.45) is 16.6 Å². The molecule has 0 spiro atoms. The van der Waals surface area contributed by atoms with Crippen molar-refractivity contribution >= 4 is 12.1 Å². The van der Waals surface area contributed by atoms with Gasteiger partial charge in [0.05, 0.1) is 11.6 Å². The first-order valence-electron chi connectivity index (χ1n) is 6.19. The Balaban J connectivity index is 1.92. The second-order valence-corrected chi connectivity index (χ2v) is 4.62. The van der Waals surface area contributed by atoms with Crippen LogP contribution < -0.4 is 11.2 Å². The Kier molecular flexibility index (Phi) is 3.00. The number of nitrogens with two attached hydrogens (primary N) is 1. The van der Waals surface area contributed by atoms with E-state index in [4.69, 9.17) is 5.73 Å². The summed E-state index contributed by atoms with van der Waals surface area (Å²) in [4.78, 5) is 20.5. The van der Waals surface area contributed by atoms with Crippen LogP contribution in [0, 0.1) is 5.92 Å². The van der Waals surface area contributed by atoms with Crippen LogP contribution in [-0.4, -0.2) is 34.8 Å². The zero-order chi connectivity index (χ0) is 13.2. The molecular formula is C13H15N5O. The first-order chi connectivity index (χ1) is 9.27. The third-order valence-corrected chi connectivity index (χ3v) is 3.49. The van der Waals surface area contributed by atoms with E-state index >= 15 is 0 Å². The van der Waals surface area contributed by atoms with Gasteiger partial charge < -0.3 is 5.73 Å². The average molecular weight is 257 g/mol. The minimum Gasteiger partial charge on any atom is -0.369 e. The third kappa shape index (κ3) is 2.10. The Hall–Kier alpha value is -2.21. The van der Waals surface area contributed by atoms with Crippen LogP contribution in [0.1, 0.15) is 11.6 Å². The number of hydrogen-bond donors (Lipinski definition) is 2. The summed E-state index contributed by atoms with van der Waals surface area (Å²) in [6.07, 6.45) is 7.08. The number of rotatable bonds is 3. The van der Waals surface area contributed by atoms with Crippen molar-refractivity contribution in [3.63, 3.8) is 0 Å². The van der Waals surface area contributed by atoms with Crippen molar-refractivity contribution in [3.8, 4) is 0 Å². The number of pyridine rings is 1. The maximum atomic E-state index is 11.8. The van der Waals surface area contributed by atoms with Gasteiger partial charge in [-0.05, 0) is 18.2 Å². The Morgan fingerprint density at radius 3 is 3.16 bits per heavy atom. The first-order valence-corrected chi connectivity index (χ1v) is 6.19. The summed E-state index contributed by atoms with van der Waals surface area (Å²) in [6.45, 7) is 0.649. The lowest BCUT2D eigenvalue weighted by Crippen LogP contribution is -2.38. The molecule has 2 aliphatic rings. The van der Waals surface area contributed by atoms with Crippen molar-refractivity contribution in [1.82, 2.24) is 15.4 Å². The summed E-state index contributed by atoms with van der Waals surface area (Å²) in [6, 6.07) is 5.52. The standard InChI is InChI=1S/C13H15N5O/c14-12(19)11(10-4-1-2-5-15-10)9-8-17-18-7-3-6-16-13(9)18/h1-7,9,11,13,17H,8H2,(H2,14,19). The van der Waals surface area contributed by atoms with Crippen LogP contribution in [0.25, 0.3) is 0 Å². The Morgan fingerprint density at radius 1 is 1.53 bits per heavy atom. The van der Waals surface area contributed by atoms with Crippen LogP contribution in [0.4, 0.5) is 0 Å². The highest BCUT2D eigenvalue weighted by atomic mass is 16.1. The lowest BCUT2D eigenvalue weighted by atomic mass is 9.86. The molecule has 1 aromatic heterocycles. The summed E-state index contributed by atoms with van der Waals surface area (Å²) in [7, 11) is 0. The second kappa shape index (κ2) is 4.81. The topological polar surface area (TPSA) is 83.6 Å². The number of aliphatic imine (C=N–C) groups is 1. The molecule has 3 atom stereocenters. The molecule has 6 nitrogen and oxygen atoms in total. The minimum atomic E-state index is -0.438. The molecule has 2 aliphatic heterocycles. The normalized spacial score (nSPS) is 26.2. The molecule has 3 N–H and O–H groups in total. The average Bonchev–Trinajstić information content (AvgIpc) is 2.84. The molecule has 0 saturated carbocycles. The monoisotopic (exact) mass is 257 g/mol. The van der Waals surface area contributed by atoms with Crippen LogP contribution in [0.15, 0.2) is 41.7 Å². The van der Waals surface area contributed by atoms with Gasteiger partial charge in [0.25, 0.3) is 0 Å². The number of hydrogen-bond acceptors (Lipinski definition) is 5. The molecule has 3 heterocycles. The number of nitrogens with zero attached hydrogens (tertiary/aromatic N) is 3. The van der Waals surface area contributed by atoms with E-state index in [2.05, 4.69) is 15.4 Å². The van der Waals surface area contributed by atoms with E-state index in [9.17, 15) is 4.79 Å². The molecule has 3 rings (SSSR count). The van der Waals surface area contributed by atoms with Crippen molar-refractivity contribution in [3.05, 3.63) is 42.4 Å². The van der Waals surface area contributed by atoms with Gasteiger partial charge >= 0.3 is 0 Å². The second-order valence-electron chi connectivity index (χ2n) is 4.62. The number of amides is 1. The molecule has 0 bridgehead atoms. The van der Waals surface area contributed by atoms with Crippen molar-refractivity contribution < 1.29 is 4.79 Å². The van der Waals surface area contributed by atoms with Crippen LogP contribution in [0.5, 0.6) is 0 Å². The van der Waals surface area contributed by atoms with E-state index in [0.29, 0.717) is 12.2 Å². The minimum absolute atomic E-state index is 0.0198. The van der Waals surface area contributed by atoms with Crippen LogP contribution in [0.2, 0.25) is 0 Å². The lowest BCUT2D eigenvalue weighted by molar-refractivity contribution is -0.120. The summed E-state index contributed by atoms with van der Waals surface area (Å²) in [5.74, 6) is -0.821. The summed E-state index contributed by atoms with van der Waals surface area (Å²) in [5, 5.41) is 1.91. The quantitative estimate of drug-likeness (QED) is 0.799.